The van der Waals surface area contributed by atoms with Gasteiger partial charge in [0.2, 0.25) is 0 Å². The molecule has 2 atom stereocenters. The molecule has 4 rings (SSSR count). The summed E-state index contributed by atoms with van der Waals surface area (Å²) >= 11 is 0. The minimum Gasteiger partial charge on any atom is -0.388 e. The molecule has 0 unspecified atom stereocenters. The first-order chi connectivity index (χ1) is 13.4. The van der Waals surface area contributed by atoms with E-state index in [1.165, 1.54) is 3.97 Å². The third kappa shape index (κ3) is 2.97. The van der Waals surface area contributed by atoms with Crippen LogP contribution < -0.4 is 0 Å². The van der Waals surface area contributed by atoms with Crippen molar-refractivity contribution in [1.29, 1.82) is 0 Å². The Labute approximate surface area is 164 Å². The van der Waals surface area contributed by atoms with Gasteiger partial charge in [-0.25, -0.2) is 12.4 Å². The third-order valence-corrected chi connectivity index (χ3v) is 7.49. The molecule has 1 N–H and O–H groups in total. The number of carbonyl (C=O) groups is 1. The van der Waals surface area contributed by atoms with Gasteiger partial charge in [0.15, 0.2) is 0 Å². The SMILES string of the molecule is Cc1c([C@H](O)[C@@H]2CCCCC2=O)c2ccccc2n1S(=O)(=O)c1ccccc1. The molecule has 0 aliphatic heterocycles. The summed E-state index contributed by atoms with van der Waals surface area (Å²) in [6.07, 6.45) is 1.84. The van der Waals surface area contributed by atoms with E-state index in [1.54, 1.807) is 49.4 Å². The largest absolute Gasteiger partial charge is 0.388 e. The summed E-state index contributed by atoms with van der Waals surface area (Å²) in [7, 11) is -3.83. The lowest BCUT2D eigenvalue weighted by Crippen LogP contribution is -2.26. The number of aliphatic hydroxyl groups is 1. The molecule has 5 nitrogen and oxygen atoms in total. The van der Waals surface area contributed by atoms with Crippen LogP contribution >= 0.6 is 0 Å². The van der Waals surface area contributed by atoms with E-state index in [0.29, 0.717) is 35.0 Å². The average molecular weight is 397 g/mol. The highest BCUT2D eigenvalue weighted by Crippen LogP contribution is 2.39. The molecular formula is C22H23NO4S. The Kier molecular flexibility index (Phi) is 4.85. The normalized spacial score (nSPS) is 19.1. The maximum atomic E-state index is 13.4. The lowest BCUT2D eigenvalue weighted by atomic mass is 9.81. The Morgan fingerprint density at radius 2 is 1.71 bits per heavy atom. The summed E-state index contributed by atoms with van der Waals surface area (Å²) in [6, 6.07) is 15.4. The number of benzene rings is 2. The zero-order valence-electron chi connectivity index (χ0n) is 15.7. The molecule has 2 aromatic carbocycles. The molecular weight excluding hydrogens is 374 g/mol. The van der Waals surface area contributed by atoms with Crippen molar-refractivity contribution in [3.8, 4) is 0 Å². The molecule has 1 fully saturated rings. The summed E-state index contributed by atoms with van der Waals surface area (Å²) in [5.41, 5.74) is 1.51. The molecule has 1 saturated carbocycles. The van der Waals surface area contributed by atoms with Gasteiger partial charge in [0.05, 0.1) is 16.5 Å². The number of aromatic nitrogens is 1. The van der Waals surface area contributed by atoms with Gasteiger partial charge in [-0.3, -0.25) is 4.79 Å². The van der Waals surface area contributed by atoms with Gasteiger partial charge in [-0.05, 0) is 38.0 Å². The predicted octanol–water partition coefficient (Wildman–Crippen LogP) is 3.98. The average Bonchev–Trinajstić information content (AvgIpc) is 3.01. The highest BCUT2D eigenvalue weighted by Gasteiger charge is 2.35. The number of para-hydroxylation sites is 1. The number of nitrogens with zero attached hydrogens (tertiary/aromatic N) is 1. The number of fused-ring (bicyclic) bond motifs is 1. The molecule has 146 valence electrons. The molecule has 3 aromatic rings. The Morgan fingerprint density at radius 1 is 1.04 bits per heavy atom. The number of carbonyl (C=O) groups excluding carboxylic acids is 1. The molecule has 0 radical (unpaired) electrons. The van der Waals surface area contributed by atoms with Crippen LogP contribution in [0.5, 0.6) is 0 Å². The fourth-order valence-electron chi connectivity index (χ4n) is 4.29. The predicted molar refractivity (Wildman–Crippen MR) is 108 cm³/mol. The Balaban J connectivity index is 1.93. The molecule has 1 aromatic heterocycles. The molecule has 6 heteroatoms. The molecule has 28 heavy (non-hydrogen) atoms. The van der Waals surface area contributed by atoms with Crippen molar-refractivity contribution in [2.45, 2.75) is 43.6 Å². The molecule has 0 amide bonds. The summed E-state index contributed by atoms with van der Waals surface area (Å²) < 4.78 is 28.0. The van der Waals surface area contributed by atoms with Crippen molar-refractivity contribution in [2.75, 3.05) is 0 Å². The number of hydrogen-bond donors (Lipinski definition) is 1. The van der Waals surface area contributed by atoms with E-state index in [1.807, 2.05) is 12.1 Å². The molecule has 0 bridgehead atoms. The molecule has 0 spiro atoms. The standard InChI is InChI=1S/C22H23NO4S/c1-15-21(22(25)18-12-6-8-14-20(18)24)17-11-5-7-13-19(17)23(15)28(26,27)16-9-3-2-4-10-16/h2-5,7,9-11,13,18,22,25H,6,8,12,14H2,1H3/t18-,22-/m1/s1. The first-order valence-electron chi connectivity index (χ1n) is 9.54. The van der Waals surface area contributed by atoms with E-state index in [2.05, 4.69) is 0 Å². The Bertz CT molecular complexity index is 1130. The maximum Gasteiger partial charge on any atom is 0.268 e. The van der Waals surface area contributed by atoms with Crippen molar-refractivity contribution in [3.05, 3.63) is 65.9 Å². The van der Waals surface area contributed by atoms with Crippen molar-refractivity contribution in [2.24, 2.45) is 5.92 Å². The van der Waals surface area contributed by atoms with Crippen LogP contribution in [0.4, 0.5) is 0 Å². The minimum absolute atomic E-state index is 0.0564. The van der Waals surface area contributed by atoms with Gasteiger partial charge < -0.3 is 5.11 Å². The highest BCUT2D eigenvalue weighted by molar-refractivity contribution is 7.90. The Hall–Kier alpha value is -2.44. The van der Waals surface area contributed by atoms with E-state index in [-0.39, 0.29) is 10.7 Å². The zero-order chi connectivity index (χ0) is 19.9. The second-order valence-electron chi connectivity index (χ2n) is 7.36. The zero-order valence-corrected chi connectivity index (χ0v) is 16.5. The number of aliphatic hydroxyl groups excluding tert-OH is 1. The van der Waals surface area contributed by atoms with Gasteiger partial charge in [-0.15, -0.1) is 0 Å². The summed E-state index contributed by atoms with van der Waals surface area (Å²) in [5.74, 6) is -0.424. The third-order valence-electron chi connectivity index (χ3n) is 5.67. The summed E-state index contributed by atoms with van der Waals surface area (Å²) in [6.45, 7) is 1.70. The van der Waals surface area contributed by atoms with Gasteiger partial charge in [0.25, 0.3) is 10.0 Å². The molecule has 0 saturated heterocycles. The first-order valence-corrected chi connectivity index (χ1v) is 11.0. The van der Waals surface area contributed by atoms with Gasteiger partial charge >= 0.3 is 0 Å². The first kappa shape index (κ1) is 18.9. The second kappa shape index (κ2) is 7.18. The van der Waals surface area contributed by atoms with E-state index in [4.69, 9.17) is 0 Å². The molecule has 1 heterocycles. The monoisotopic (exact) mass is 397 g/mol. The van der Waals surface area contributed by atoms with Crippen LogP contribution in [-0.4, -0.2) is 23.3 Å². The smallest absolute Gasteiger partial charge is 0.268 e. The van der Waals surface area contributed by atoms with Crippen LogP contribution in [0.2, 0.25) is 0 Å². The number of ketones is 1. The van der Waals surface area contributed by atoms with Crippen LogP contribution in [0.25, 0.3) is 10.9 Å². The lowest BCUT2D eigenvalue weighted by molar-refractivity contribution is -0.128. The Morgan fingerprint density at radius 3 is 2.43 bits per heavy atom. The van der Waals surface area contributed by atoms with Crippen LogP contribution in [0.3, 0.4) is 0 Å². The quantitative estimate of drug-likeness (QED) is 0.722. The van der Waals surface area contributed by atoms with E-state index in [0.717, 1.165) is 12.8 Å². The topological polar surface area (TPSA) is 76.4 Å². The second-order valence-corrected chi connectivity index (χ2v) is 9.15. The summed E-state index contributed by atoms with van der Waals surface area (Å²) in [5, 5.41) is 11.8. The van der Waals surface area contributed by atoms with Gasteiger partial charge in [-0.2, -0.15) is 0 Å². The van der Waals surface area contributed by atoms with Crippen molar-refractivity contribution >= 4 is 26.7 Å². The van der Waals surface area contributed by atoms with E-state index in [9.17, 15) is 18.3 Å². The van der Waals surface area contributed by atoms with Crippen molar-refractivity contribution < 1.29 is 18.3 Å². The fraction of sp³-hybridized carbons (Fsp3) is 0.318. The van der Waals surface area contributed by atoms with Crippen LogP contribution in [0.15, 0.2) is 59.5 Å². The van der Waals surface area contributed by atoms with Crippen LogP contribution in [-0.2, 0) is 14.8 Å². The number of rotatable bonds is 4. The minimum atomic E-state index is -3.83. The highest BCUT2D eigenvalue weighted by atomic mass is 32.2. The summed E-state index contributed by atoms with van der Waals surface area (Å²) in [4.78, 5) is 12.6. The number of Topliss-reactive ketones (excluding diaryl/α,β-unsaturated/α-hetero) is 1. The van der Waals surface area contributed by atoms with Crippen LogP contribution in [0, 0.1) is 12.8 Å². The maximum absolute atomic E-state index is 13.4. The van der Waals surface area contributed by atoms with Crippen LogP contribution in [0.1, 0.15) is 43.0 Å². The van der Waals surface area contributed by atoms with Gasteiger partial charge in [-0.1, -0.05) is 42.8 Å². The lowest BCUT2D eigenvalue weighted by Gasteiger charge is -2.26. The van der Waals surface area contributed by atoms with E-state index >= 15 is 0 Å². The van der Waals surface area contributed by atoms with E-state index < -0.39 is 22.0 Å². The fourth-order valence-corrected chi connectivity index (χ4v) is 5.88. The van der Waals surface area contributed by atoms with Gasteiger partial charge in [0.1, 0.15) is 5.78 Å². The molecule has 1 aliphatic carbocycles. The number of hydrogen-bond acceptors (Lipinski definition) is 4. The van der Waals surface area contributed by atoms with Crippen molar-refractivity contribution in [1.82, 2.24) is 3.97 Å². The van der Waals surface area contributed by atoms with Gasteiger partial charge in [0, 0.05) is 29.0 Å². The van der Waals surface area contributed by atoms with Crippen molar-refractivity contribution in [3.63, 3.8) is 0 Å². The molecule has 1 aliphatic rings.